The number of aromatic amines is 1. The highest BCUT2D eigenvalue weighted by Gasteiger charge is 2.15. The molecule has 2 aromatic carbocycles. The molecule has 2 N–H and O–H groups in total. The molecule has 1 amide bonds. The van der Waals surface area contributed by atoms with Gasteiger partial charge in [-0.3, -0.25) is 18.8 Å². The highest BCUT2D eigenvalue weighted by molar-refractivity contribution is 5.93. The van der Waals surface area contributed by atoms with Crippen LogP contribution >= 0.6 is 0 Å². The van der Waals surface area contributed by atoms with E-state index in [0.29, 0.717) is 5.69 Å². The van der Waals surface area contributed by atoms with E-state index in [1.54, 1.807) is 11.6 Å². The van der Waals surface area contributed by atoms with Crippen molar-refractivity contribution in [3.05, 3.63) is 58.8 Å². The molecule has 160 valence electrons. The molecule has 5 rings (SSSR count). The predicted molar refractivity (Wildman–Crippen MR) is 118 cm³/mol. The highest BCUT2D eigenvalue weighted by atomic mass is 16.5. The lowest BCUT2D eigenvalue weighted by Gasteiger charge is -2.25. The zero-order chi connectivity index (χ0) is 21.4. The number of imidazole rings is 2. The zero-order valence-electron chi connectivity index (χ0n) is 17.3. The van der Waals surface area contributed by atoms with Crippen molar-refractivity contribution in [1.29, 1.82) is 0 Å². The molecule has 0 spiro atoms. The van der Waals surface area contributed by atoms with Crippen LogP contribution in [0.5, 0.6) is 0 Å². The number of aryl methyl sites for hydroxylation is 1. The average molecular weight is 420 g/mol. The number of carbonyl (C=O) groups is 1. The van der Waals surface area contributed by atoms with Crippen LogP contribution in [0.3, 0.4) is 0 Å². The second-order valence-electron chi connectivity index (χ2n) is 7.77. The van der Waals surface area contributed by atoms with E-state index in [9.17, 15) is 9.59 Å². The van der Waals surface area contributed by atoms with Gasteiger partial charge >= 0.3 is 5.69 Å². The maximum Gasteiger partial charge on any atom is 0.329 e. The lowest BCUT2D eigenvalue weighted by Crippen LogP contribution is -2.35. The number of hydrogen-bond donors (Lipinski definition) is 2. The normalized spacial score (nSPS) is 15.0. The van der Waals surface area contributed by atoms with Gasteiger partial charge in [0.15, 0.2) is 0 Å². The molecular formula is C22H24N6O3. The smallest absolute Gasteiger partial charge is 0.329 e. The van der Waals surface area contributed by atoms with Crippen LogP contribution in [0.25, 0.3) is 22.1 Å². The van der Waals surface area contributed by atoms with Crippen LogP contribution in [-0.4, -0.2) is 56.2 Å². The second-order valence-corrected chi connectivity index (χ2v) is 7.77. The molecule has 0 radical (unpaired) electrons. The Labute approximate surface area is 178 Å². The molecule has 9 nitrogen and oxygen atoms in total. The van der Waals surface area contributed by atoms with Gasteiger partial charge in [-0.1, -0.05) is 12.1 Å². The van der Waals surface area contributed by atoms with Gasteiger partial charge in [0.2, 0.25) is 5.91 Å². The van der Waals surface area contributed by atoms with Crippen molar-refractivity contribution in [3.8, 4) is 0 Å². The molecule has 0 aliphatic carbocycles. The molecule has 3 heterocycles. The summed E-state index contributed by atoms with van der Waals surface area (Å²) in [5.41, 5.74) is 3.70. The van der Waals surface area contributed by atoms with Crippen molar-refractivity contribution < 1.29 is 9.53 Å². The van der Waals surface area contributed by atoms with E-state index in [1.807, 2.05) is 42.5 Å². The minimum atomic E-state index is -0.258. The molecule has 0 atom stereocenters. The summed E-state index contributed by atoms with van der Waals surface area (Å²) in [6, 6.07) is 13.0. The third-order valence-electron chi connectivity index (χ3n) is 5.65. The molecule has 9 heteroatoms. The summed E-state index contributed by atoms with van der Waals surface area (Å²) in [5, 5.41) is 2.89. The van der Waals surface area contributed by atoms with E-state index >= 15 is 0 Å². The number of rotatable bonds is 5. The maximum absolute atomic E-state index is 12.7. The topological polar surface area (TPSA) is 97.2 Å². The molecule has 0 unspecified atom stereocenters. The Morgan fingerprint density at radius 2 is 1.94 bits per heavy atom. The highest BCUT2D eigenvalue weighted by Crippen LogP contribution is 2.19. The molecular weight excluding hydrogens is 396 g/mol. The van der Waals surface area contributed by atoms with E-state index in [-0.39, 0.29) is 18.1 Å². The largest absolute Gasteiger partial charge is 0.379 e. The number of aromatic nitrogens is 4. The fourth-order valence-electron chi connectivity index (χ4n) is 4.05. The number of amides is 1. The van der Waals surface area contributed by atoms with Crippen molar-refractivity contribution in [2.45, 2.75) is 13.1 Å². The number of para-hydroxylation sites is 2. The summed E-state index contributed by atoms with van der Waals surface area (Å²) in [6.07, 6.45) is 0. The average Bonchev–Trinajstić information content (AvgIpc) is 3.28. The van der Waals surface area contributed by atoms with Gasteiger partial charge in [-0.05, 0) is 30.3 Å². The Hall–Kier alpha value is -3.43. The van der Waals surface area contributed by atoms with E-state index in [1.165, 1.54) is 4.57 Å². The monoisotopic (exact) mass is 420 g/mol. The molecule has 0 saturated carbocycles. The van der Waals surface area contributed by atoms with Gasteiger partial charge in [-0.15, -0.1) is 0 Å². The van der Waals surface area contributed by atoms with Crippen LogP contribution in [0.2, 0.25) is 0 Å². The van der Waals surface area contributed by atoms with Crippen molar-refractivity contribution in [1.82, 2.24) is 24.0 Å². The van der Waals surface area contributed by atoms with E-state index in [2.05, 4.69) is 20.2 Å². The van der Waals surface area contributed by atoms with Gasteiger partial charge < -0.3 is 15.0 Å². The fraction of sp³-hybridized carbons (Fsp3) is 0.318. The number of nitrogens with zero attached hydrogens (tertiary/aromatic N) is 4. The molecule has 0 bridgehead atoms. The van der Waals surface area contributed by atoms with Crippen LogP contribution in [-0.2, 0) is 29.7 Å². The van der Waals surface area contributed by atoms with Crippen LogP contribution in [0.15, 0.2) is 47.3 Å². The lowest BCUT2D eigenvalue weighted by atomic mass is 10.2. The first-order chi connectivity index (χ1) is 15.1. The van der Waals surface area contributed by atoms with Crippen LogP contribution < -0.4 is 11.0 Å². The van der Waals surface area contributed by atoms with Crippen LogP contribution in [0.1, 0.15) is 5.82 Å². The van der Waals surface area contributed by atoms with Gasteiger partial charge in [-0.2, -0.15) is 0 Å². The number of H-pyrrole nitrogens is 1. The van der Waals surface area contributed by atoms with E-state index in [0.717, 1.165) is 60.7 Å². The molecule has 1 fully saturated rings. The standard InChI is InChI=1S/C22H24N6O3/c1-26-18-4-2-3-5-19(18)28(22(26)30)14-21(29)23-15-6-7-16-17(12-15)25-20(24-16)13-27-8-10-31-11-9-27/h2-7,12H,8-11,13-14H2,1H3,(H,23,29)(H,24,25). The van der Waals surface area contributed by atoms with Crippen molar-refractivity contribution in [2.24, 2.45) is 7.05 Å². The first kappa shape index (κ1) is 19.5. The number of nitrogens with one attached hydrogen (secondary N) is 2. The first-order valence-electron chi connectivity index (χ1n) is 10.3. The Kier molecular flexibility index (Phi) is 5.05. The van der Waals surface area contributed by atoms with Crippen molar-refractivity contribution in [3.63, 3.8) is 0 Å². The number of fused-ring (bicyclic) bond motifs is 2. The number of carbonyl (C=O) groups excluding carboxylic acids is 1. The Morgan fingerprint density at radius 3 is 2.74 bits per heavy atom. The predicted octanol–water partition coefficient (Wildman–Crippen LogP) is 1.69. The summed E-state index contributed by atoms with van der Waals surface area (Å²) in [7, 11) is 1.71. The molecule has 4 aromatic rings. The molecule has 2 aromatic heterocycles. The van der Waals surface area contributed by atoms with E-state index < -0.39 is 0 Å². The number of morpholine rings is 1. The van der Waals surface area contributed by atoms with Gasteiger partial charge in [-0.25, -0.2) is 9.78 Å². The summed E-state index contributed by atoms with van der Waals surface area (Å²) in [6.45, 7) is 3.97. The van der Waals surface area contributed by atoms with Crippen LogP contribution in [0.4, 0.5) is 5.69 Å². The van der Waals surface area contributed by atoms with Crippen molar-refractivity contribution >= 4 is 33.7 Å². The Morgan fingerprint density at radius 1 is 1.16 bits per heavy atom. The zero-order valence-corrected chi connectivity index (χ0v) is 17.3. The maximum atomic E-state index is 12.7. The third-order valence-corrected chi connectivity index (χ3v) is 5.65. The van der Waals surface area contributed by atoms with Gasteiger partial charge in [0, 0.05) is 25.8 Å². The van der Waals surface area contributed by atoms with E-state index in [4.69, 9.17) is 4.74 Å². The summed E-state index contributed by atoms with van der Waals surface area (Å²) < 4.78 is 8.43. The number of hydrogen-bond acceptors (Lipinski definition) is 5. The van der Waals surface area contributed by atoms with Gasteiger partial charge in [0.05, 0.1) is 41.8 Å². The van der Waals surface area contributed by atoms with Crippen molar-refractivity contribution in [2.75, 3.05) is 31.6 Å². The summed E-state index contributed by atoms with van der Waals surface area (Å²) >= 11 is 0. The first-order valence-corrected chi connectivity index (χ1v) is 10.3. The van der Waals surface area contributed by atoms with Gasteiger partial charge in [0.25, 0.3) is 0 Å². The molecule has 1 aliphatic heterocycles. The number of ether oxygens (including phenoxy) is 1. The summed E-state index contributed by atoms with van der Waals surface area (Å²) in [4.78, 5) is 35.5. The quantitative estimate of drug-likeness (QED) is 0.512. The number of benzene rings is 2. The fourth-order valence-corrected chi connectivity index (χ4v) is 4.05. The summed E-state index contributed by atoms with van der Waals surface area (Å²) in [5.74, 6) is 0.633. The lowest BCUT2D eigenvalue weighted by molar-refractivity contribution is -0.116. The minimum Gasteiger partial charge on any atom is -0.379 e. The van der Waals surface area contributed by atoms with Gasteiger partial charge in [0.1, 0.15) is 12.4 Å². The SMILES string of the molecule is Cn1c(=O)n(CC(=O)Nc2ccc3nc(CN4CCOCC4)[nH]c3c2)c2ccccc21. The molecule has 31 heavy (non-hydrogen) atoms. The Balaban J connectivity index is 1.32. The Bertz CT molecular complexity index is 1310. The molecule has 1 aliphatic rings. The minimum absolute atomic E-state index is 0.0521. The molecule has 1 saturated heterocycles. The number of anilines is 1. The van der Waals surface area contributed by atoms with Crippen LogP contribution in [0, 0.1) is 0 Å². The third kappa shape index (κ3) is 3.85. The second kappa shape index (κ2) is 8.01.